The molecule has 4 aromatic rings. The summed E-state index contributed by atoms with van der Waals surface area (Å²) < 4.78 is 17.0. The Hall–Kier alpha value is -5.62. The average molecular weight is 520 g/mol. The summed E-state index contributed by atoms with van der Waals surface area (Å²) in [5, 5.41) is 20.9. The molecule has 1 atom stereocenters. The highest BCUT2D eigenvalue weighted by atomic mass is 16.6. The van der Waals surface area contributed by atoms with Gasteiger partial charge in [0.2, 0.25) is 5.88 Å². The molecule has 4 aromatic carbocycles. The van der Waals surface area contributed by atoms with E-state index in [1.807, 2.05) is 54.6 Å². The lowest BCUT2D eigenvalue weighted by Gasteiger charge is -2.26. The minimum absolute atomic E-state index is 0.0291. The number of ether oxygens (including phenoxy) is 3. The number of carbonyl (C=O) groups is 1. The third kappa shape index (κ3) is 5.40. The molecule has 0 aromatic heterocycles. The number of nitro groups is 1. The van der Waals surface area contributed by atoms with Crippen LogP contribution in [0, 0.1) is 21.4 Å². The molecule has 0 amide bonds. The van der Waals surface area contributed by atoms with Crippen LogP contribution in [0.1, 0.15) is 33.0 Å². The first-order valence-corrected chi connectivity index (χ1v) is 11.9. The molecule has 1 aliphatic heterocycles. The van der Waals surface area contributed by atoms with Crippen molar-refractivity contribution < 1.29 is 23.9 Å². The highest BCUT2D eigenvalue weighted by Crippen LogP contribution is 2.43. The van der Waals surface area contributed by atoms with Crippen LogP contribution in [0.5, 0.6) is 17.2 Å². The van der Waals surface area contributed by atoms with Crippen molar-refractivity contribution in [2.75, 3.05) is 0 Å². The number of non-ortho nitro benzene ring substituents is 1. The Labute approximate surface area is 223 Å². The number of carbonyl (C=O) groups excluding carboxylic acids is 1. The molecule has 9 heteroatoms. The van der Waals surface area contributed by atoms with Crippen LogP contribution in [0.4, 0.5) is 5.69 Å². The standard InChI is InChI=1S/C30H21N3O6/c31-17-26-28(20-9-11-23(12-10-20)37-18-19-5-2-1-3-6-19)25-14-13-24(16-27(25)39-29(26)32)38-30(34)21-7-4-8-22(15-21)33(35)36/h1-16,28H,18,32H2. The number of benzene rings is 4. The van der Waals surface area contributed by atoms with E-state index in [9.17, 15) is 20.2 Å². The predicted octanol–water partition coefficient (Wildman–Crippen LogP) is 5.61. The summed E-state index contributed by atoms with van der Waals surface area (Å²) in [6.07, 6.45) is 0. The molecule has 0 spiro atoms. The quantitative estimate of drug-likeness (QED) is 0.144. The maximum absolute atomic E-state index is 12.6. The van der Waals surface area contributed by atoms with E-state index in [0.29, 0.717) is 23.7 Å². The van der Waals surface area contributed by atoms with E-state index in [0.717, 1.165) is 17.2 Å². The summed E-state index contributed by atoms with van der Waals surface area (Å²) in [4.78, 5) is 23.0. The molecule has 0 radical (unpaired) electrons. The Kier molecular flexibility index (Phi) is 6.92. The number of nitrogens with zero attached hydrogens (tertiary/aromatic N) is 2. The van der Waals surface area contributed by atoms with Crippen molar-refractivity contribution >= 4 is 11.7 Å². The molecule has 0 fully saturated rings. The van der Waals surface area contributed by atoms with Crippen molar-refractivity contribution in [3.8, 4) is 23.3 Å². The van der Waals surface area contributed by atoms with Crippen LogP contribution in [-0.2, 0) is 6.61 Å². The minimum Gasteiger partial charge on any atom is -0.489 e. The maximum Gasteiger partial charge on any atom is 0.343 e. The topological polar surface area (TPSA) is 138 Å². The minimum atomic E-state index is -0.765. The Bertz CT molecular complexity index is 1630. The van der Waals surface area contributed by atoms with Crippen molar-refractivity contribution in [2.45, 2.75) is 12.5 Å². The molecule has 0 aliphatic carbocycles. The van der Waals surface area contributed by atoms with Gasteiger partial charge in [0, 0.05) is 23.8 Å². The first kappa shape index (κ1) is 25.0. The number of nitrogens with two attached hydrogens (primary N) is 1. The highest BCUT2D eigenvalue weighted by molar-refractivity contribution is 5.91. The third-order valence-electron chi connectivity index (χ3n) is 6.16. The molecule has 9 nitrogen and oxygen atoms in total. The number of nitriles is 1. The van der Waals surface area contributed by atoms with Gasteiger partial charge in [-0.1, -0.05) is 54.6 Å². The third-order valence-corrected chi connectivity index (χ3v) is 6.16. The molecule has 0 saturated carbocycles. The number of fused-ring (bicyclic) bond motifs is 1. The number of rotatable bonds is 7. The predicted molar refractivity (Wildman–Crippen MR) is 141 cm³/mol. The summed E-state index contributed by atoms with van der Waals surface area (Å²) in [6, 6.07) is 29.3. The molecule has 1 heterocycles. The van der Waals surface area contributed by atoms with E-state index < -0.39 is 16.8 Å². The fourth-order valence-electron chi connectivity index (χ4n) is 4.25. The van der Waals surface area contributed by atoms with Gasteiger partial charge in [-0.2, -0.15) is 5.26 Å². The van der Waals surface area contributed by atoms with Crippen LogP contribution in [0.2, 0.25) is 0 Å². The smallest absolute Gasteiger partial charge is 0.343 e. The van der Waals surface area contributed by atoms with Gasteiger partial charge in [0.05, 0.1) is 16.4 Å². The van der Waals surface area contributed by atoms with Crippen molar-refractivity contribution in [1.29, 1.82) is 5.26 Å². The van der Waals surface area contributed by atoms with E-state index in [1.54, 1.807) is 12.1 Å². The van der Waals surface area contributed by atoms with E-state index >= 15 is 0 Å². The first-order valence-electron chi connectivity index (χ1n) is 11.9. The molecule has 2 N–H and O–H groups in total. The lowest BCUT2D eigenvalue weighted by molar-refractivity contribution is -0.384. The summed E-state index contributed by atoms with van der Waals surface area (Å²) in [6.45, 7) is 0.425. The van der Waals surface area contributed by atoms with Crippen LogP contribution in [0.25, 0.3) is 0 Å². The zero-order chi connectivity index (χ0) is 27.4. The van der Waals surface area contributed by atoms with Gasteiger partial charge in [-0.05, 0) is 35.4 Å². The van der Waals surface area contributed by atoms with Gasteiger partial charge in [-0.25, -0.2) is 4.79 Å². The highest BCUT2D eigenvalue weighted by Gasteiger charge is 2.31. The van der Waals surface area contributed by atoms with E-state index in [2.05, 4.69) is 6.07 Å². The SMILES string of the molecule is N#CC1=C(N)Oc2cc(OC(=O)c3cccc([N+](=O)[O-])c3)ccc2C1c1ccc(OCc2ccccc2)cc1. The molecule has 0 saturated heterocycles. The van der Waals surface area contributed by atoms with Crippen LogP contribution < -0.4 is 19.9 Å². The van der Waals surface area contributed by atoms with Crippen molar-refractivity contribution in [2.24, 2.45) is 5.73 Å². The monoisotopic (exact) mass is 519 g/mol. The van der Waals surface area contributed by atoms with Crippen LogP contribution in [0.15, 0.2) is 109 Å². The molecule has 39 heavy (non-hydrogen) atoms. The average Bonchev–Trinajstić information content (AvgIpc) is 2.96. The first-order chi connectivity index (χ1) is 18.9. The molecule has 5 rings (SSSR count). The molecule has 1 unspecified atom stereocenters. The molecular weight excluding hydrogens is 498 g/mol. The van der Waals surface area contributed by atoms with Gasteiger partial charge in [0.15, 0.2) is 0 Å². The fraction of sp³-hybridized carbons (Fsp3) is 0.0667. The second kappa shape index (κ2) is 10.8. The summed E-state index contributed by atoms with van der Waals surface area (Å²) >= 11 is 0. The zero-order valence-corrected chi connectivity index (χ0v) is 20.4. The summed E-state index contributed by atoms with van der Waals surface area (Å²) in [5.41, 5.74) is 8.66. The van der Waals surface area contributed by atoms with Gasteiger partial charge >= 0.3 is 5.97 Å². The van der Waals surface area contributed by atoms with Gasteiger partial charge in [0.1, 0.15) is 35.5 Å². The maximum atomic E-state index is 12.6. The molecule has 0 bridgehead atoms. The Morgan fingerprint density at radius 1 is 0.974 bits per heavy atom. The second-order valence-corrected chi connectivity index (χ2v) is 8.66. The number of nitro benzene ring substituents is 1. The van der Waals surface area contributed by atoms with Crippen LogP contribution in [0.3, 0.4) is 0 Å². The molecule has 192 valence electrons. The fourth-order valence-corrected chi connectivity index (χ4v) is 4.25. The molecular formula is C30H21N3O6. The Morgan fingerprint density at radius 2 is 1.72 bits per heavy atom. The number of hydrogen-bond donors (Lipinski definition) is 1. The molecule has 1 aliphatic rings. The van der Waals surface area contributed by atoms with Crippen molar-refractivity contribution in [3.05, 3.63) is 141 Å². The number of esters is 1. The van der Waals surface area contributed by atoms with Gasteiger partial charge in [-0.3, -0.25) is 10.1 Å². The van der Waals surface area contributed by atoms with Crippen molar-refractivity contribution in [1.82, 2.24) is 0 Å². The summed E-state index contributed by atoms with van der Waals surface area (Å²) in [5.74, 6) is -0.177. The van der Waals surface area contributed by atoms with E-state index in [4.69, 9.17) is 19.9 Å². The summed E-state index contributed by atoms with van der Waals surface area (Å²) in [7, 11) is 0. The second-order valence-electron chi connectivity index (χ2n) is 8.66. The lowest BCUT2D eigenvalue weighted by atomic mass is 9.83. The van der Waals surface area contributed by atoms with E-state index in [1.165, 1.54) is 24.3 Å². The van der Waals surface area contributed by atoms with Crippen LogP contribution in [-0.4, -0.2) is 10.9 Å². The van der Waals surface area contributed by atoms with Crippen molar-refractivity contribution in [3.63, 3.8) is 0 Å². The zero-order valence-electron chi connectivity index (χ0n) is 20.4. The number of allylic oxidation sites excluding steroid dienone is 1. The van der Waals surface area contributed by atoms with Gasteiger partial charge in [-0.15, -0.1) is 0 Å². The Morgan fingerprint density at radius 3 is 2.44 bits per heavy atom. The number of hydrogen-bond acceptors (Lipinski definition) is 8. The lowest BCUT2D eigenvalue weighted by Crippen LogP contribution is -2.21. The largest absolute Gasteiger partial charge is 0.489 e. The van der Waals surface area contributed by atoms with Gasteiger partial charge < -0.3 is 19.9 Å². The van der Waals surface area contributed by atoms with Gasteiger partial charge in [0.25, 0.3) is 5.69 Å². The Balaban J connectivity index is 1.38. The van der Waals surface area contributed by atoms with E-state index in [-0.39, 0.29) is 28.5 Å². The normalized spacial score (nSPS) is 14.0. The van der Waals surface area contributed by atoms with Crippen LogP contribution >= 0.6 is 0 Å².